The third-order valence-electron chi connectivity index (χ3n) is 2.98. The van der Waals surface area contributed by atoms with Crippen LogP contribution in [0, 0.1) is 21.4 Å². The molecule has 0 fully saturated rings. The summed E-state index contributed by atoms with van der Waals surface area (Å²) >= 11 is 0. The fourth-order valence-corrected chi connectivity index (χ4v) is 1.90. The normalized spacial score (nSPS) is 10.0. The van der Waals surface area contributed by atoms with Crippen molar-refractivity contribution in [2.45, 2.75) is 0 Å². The molecule has 0 bridgehead atoms. The highest BCUT2D eigenvalue weighted by atomic mass is 16.6. The van der Waals surface area contributed by atoms with Crippen LogP contribution in [0.1, 0.15) is 5.56 Å². The van der Waals surface area contributed by atoms with Gasteiger partial charge in [0.25, 0.3) is 5.69 Å². The molecule has 0 amide bonds. The van der Waals surface area contributed by atoms with Crippen LogP contribution in [0.15, 0.2) is 53.3 Å². The predicted molar refractivity (Wildman–Crippen MR) is 77.6 cm³/mol. The van der Waals surface area contributed by atoms with Crippen molar-refractivity contribution in [1.82, 2.24) is 10.2 Å². The molecule has 23 heavy (non-hydrogen) atoms. The zero-order chi connectivity index (χ0) is 16.2. The Morgan fingerprint density at radius 2 is 2.00 bits per heavy atom. The molecule has 0 saturated heterocycles. The maximum Gasteiger partial charge on any atom is 0.271 e. The second kappa shape index (κ2) is 5.95. The topological polar surface area (TPSA) is 115 Å². The Hall–Kier alpha value is -3.73. The van der Waals surface area contributed by atoms with Crippen molar-refractivity contribution in [1.29, 1.82) is 5.26 Å². The Morgan fingerprint density at radius 1 is 1.22 bits per heavy atom. The van der Waals surface area contributed by atoms with Crippen molar-refractivity contribution in [2.24, 2.45) is 0 Å². The number of non-ortho nitro benzene ring substituents is 1. The van der Waals surface area contributed by atoms with Gasteiger partial charge in [0.05, 0.1) is 4.92 Å². The molecule has 1 heterocycles. The summed E-state index contributed by atoms with van der Waals surface area (Å²) in [6, 6.07) is 12.5. The minimum atomic E-state index is -0.566. The first-order chi connectivity index (χ1) is 11.2. The highest BCUT2D eigenvalue weighted by molar-refractivity contribution is 5.55. The SMILES string of the molecule is N#Cc1cc([N+](=O)[O-])ccc1Oc1ccc(-c2nnco2)cc1. The predicted octanol–water partition coefficient (Wildman–Crippen LogP) is 3.31. The average molecular weight is 308 g/mol. The molecule has 0 aliphatic heterocycles. The highest BCUT2D eigenvalue weighted by Gasteiger charge is 2.12. The van der Waals surface area contributed by atoms with Gasteiger partial charge in [0.1, 0.15) is 23.1 Å². The van der Waals surface area contributed by atoms with E-state index in [1.54, 1.807) is 24.3 Å². The van der Waals surface area contributed by atoms with Crippen LogP contribution in [-0.4, -0.2) is 15.1 Å². The van der Waals surface area contributed by atoms with E-state index in [0.29, 0.717) is 11.6 Å². The third kappa shape index (κ3) is 2.98. The van der Waals surface area contributed by atoms with Crippen LogP contribution >= 0.6 is 0 Å². The summed E-state index contributed by atoms with van der Waals surface area (Å²) in [5, 5.41) is 27.2. The summed E-state index contributed by atoms with van der Waals surface area (Å²) in [5.41, 5.74) is 0.639. The first-order valence-corrected chi connectivity index (χ1v) is 6.40. The summed E-state index contributed by atoms with van der Waals surface area (Å²) in [4.78, 5) is 10.2. The molecule has 3 aromatic rings. The number of nitriles is 1. The van der Waals surface area contributed by atoms with Crippen LogP contribution in [0.5, 0.6) is 11.5 Å². The van der Waals surface area contributed by atoms with Gasteiger partial charge in [-0.1, -0.05) is 0 Å². The fraction of sp³-hybridized carbons (Fsp3) is 0. The Bertz CT molecular complexity index is 883. The molecule has 112 valence electrons. The number of benzene rings is 2. The molecular weight excluding hydrogens is 300 g/mol. The smallest absolute Gasteiger partial charge is 0.271 e. The van der Waals surface area contributed by atoms with E-state index in [4.69, 9.17) is 14.4 Å². The first-order valence-electron chi connectivity index (χ1n) is 6.40. The number of nitro benzene ring substituents is 1. The lowest BCUT2D eigenvalue weighted by molar-refractivity contribution is -0.384. The number of ether oxygens (including phenoxy) is 1. The molecule has 0 N–H and O–H groups in total. The molecule has 1 aromatic heterocycles. The molecule has 8 heteroatoms. The molecule has 0 aliphatic carbocycles. The van der Waals surface area contributed by atoms with Gasteiger partial charge in [-0.15, -0.1) is 10.2 Å². The van der Waals surface area contributed by atoms with Gasteiger partial charge in [-0.3, -0.25) is 10.1 Å². The van der Waals surface area contributed by atoms with E-state index >= 15 is 0 Å². The van der Waals surface area contributed by atoms with Gasteiger partial charge in [0.2, 0.25) is 12.3 Å². The Kier molecular flexibility index (Phi) is 3.68. The number of nitrogens with zero attached hydrogens (tertiary/aromatic N) is 4. The number of hydrogen-bond donors (Lipinski definition) is 0. The van der Waals surface area contributed by atoms with Gasteiger partial charge in [-0.05, 0) is 30.3 Å². The zero-order valence-electron chi connectivity index (χ0n) is 11.5. The molecule has 0 saturated carbocycles. The summed E-state index contributed by atoms with van der Waals surface area (Å²) in [6.45, 7) is 0. The minimum Gasteiger partial charge on any atom is -0.456 e. The minimum absolute atomic E-state index is 0.0835. The van der Waals surface area contributed by atoms with E-state index in [9.17, 15) is 10.1 Å². The maximum atomic E-state index is 10.7. The van der Waals surface area contributed by atoms with Crippen molar-refractivity contribution in [3.8, 4) is 29.0 Å². The van der Waals surface area contributed by atoms with Gasteiger partial charge in [0, 0.05) is 17.7 Å². The summed E-state index contributed by atoms with van der Waals surface area (Å²) in [7, 11) is 0. The molecule has 0 radical (unpaired) electrons. The maximum absolute atomic E-state index is 10.7. The van der Waals surface area contributed by atoms with Crippen molar-refractivity contribution in [2.75, 3.05) is 0 Å². The summed E-state index contributed by atoms with van der Waals surface area (Å²) < 4.78 is 10.7. The van der Waals surface area contributed by atoms with E-state index < -0.39 is 4.92 Å². The van der Waals surface area contributed by atoms with Crippen molar-refractivity contribution in [3.05, 3.63) is 64.5 Å². The number of rotatable bonds is 4. The highest BCUT2D eigenvalue weighted by Crippen LogP contribution is 2.29. The molecule has 0 spiro atoms. The van der Waals surface area contributed by atoms with Crippen LogP contribution in [0.2, 0.25) is 0 Å². The van der Waals surface area contributed by atoms with Crippen molar-refractivity contribution >= 4 is 5.69 Å². The van der Waals surface area contributed by atoms with Gasteiger partial charge < -0.3 is 9.15 Å². The van der Waals surface area contributed by atoms with Crippen LogP contribution in [0.4, 0.5) is 5.69 Å². The summed E-state index contributed by atoms with van der Waals surface area (Å²) in [6.07, 6.45) is 1.23. The molecule has 0 unspecified atom stereocenters. The Morgan fingerprint density at radius 3 is 2.61 bits per heavy atom. The van der Waals surface area contributed by atoms with E-state index in [0.717, 1.165) is 5.56 Å². The molecule has 3 rings (SSSR count). The molecular formula is C15H8N4O4. The first kappa shape index (κ1) is 14.2. The number of hydrogen-bond acceptors (Lipinski definition) is 7. The molecule has 8 nitrogen and oxygen atoms in total. The van der Waals surface area contributed by atoms with Gasteiger partial charge >= 0.3 is 0 Å². The Balaban J connectivity index is 1.85. The lowest BCUT2D eigenvalue weighted by Crippen LogP contribution is -1.92. The van der Waals surface area contributed by atoms with Gasteiger partial charge in [-0.25, -0.2) is 0 Å². The quantitative estimate of drug-likeness (QED) is 0.536. The van der Waals surface area contributed by atoms with Crippen LogP contribution in [-0.2, 0) is 0 Å². The zero-order valence-corrected chi connectivity index (χ0v) is 11.5. The van der Waals surface area contributed by atoms with E-state index in [1.165, 1.54) is 24.6 Å². The lowest BCUT2D eigenvalue weighted by atomic mass is 10.2. The van der Waals surface area contributed by atoms with Crippen LogP contribution < -0.4 is 4.74 Å². The Labute approximate surface area is 129 Å². The fourth-order valence-electron chi connectivity index (χ4n) is 1.90. The van der Waals surface area contributed by atoms with E-state index in [2.05, 4.69) is 10.2 Å². The largest absolute Gasteiger partial charge is 0.456 e. The van der Waals surface area contributed by atoms with E-state index in [1.807, 2.05) is 6.07 Å². The monoisotopic (exact) mass is 308 g/mol. The average Bonchev–Trinajstić information content (AvgIpc) is 3.10. The standard InChI is InChI=1S/C15H8N4O4/c16-8-11-7-12(19(20)21)3-6-14(11)23-13-4-1-10(2-5-13)15-18-17-9-22-15/h1-7,9H. The molecule has 0 aliphatic rings. The third-order valence-corrected chi connectivity index (χ3v) is 2.98. The lowest BCUT2D eigenvalue weighted by Gasteiger charge is -2.07. The van der Waals surface area contributed by atoms with Crippen molar-refractivity contribution in [3.63, 3.8) is 0 Å². The van der Waals surface area contributed by atoms with Crippen LogP contribution in [0.25, 0.3) is 11.5 Å². The molecule has 0 atom stereocenters. The van der Waals surface area contributed by atoms with Crippen LogP contribution in [0.3, 0.4) is 0 Å². The van der Waals surface area contributed by atoms with Gasteiger partial charge in [-0.2, -0.15) is 5.26 Å². The number of aromatic nitrogens is 2. The van der Waals surface area contributed by atoms with Gasteiger partial charge in [0.15, 0.2) is 0 Å². The van der Waals surface area contributed by atoms with Crippen molar-refractivity contribution < 1.29 is 14.1 Å². The second-order valence-corrected chi connectivity index (χ2v) is 4.42. The molecule has 2 aromatic carbocycles. The summed E-state index contributed by atoms with van der Waals surface area (Å²) in [5.74, 6) is 1.09. The second-order valence-electron chi connectivity index (χ2n) is 4.42. The number of nitro groups is 1. The van der Waals surface area contributed by atoms with E-state index in [-0.39, 0.29) is 17.0 Å².